The number of fused-ring (bicyclic) bond motifs is 2. The van der Waals surface area contributed by atoms with Crippen molar-refractivity contribution in [3.05, 3.63) is 46.8 Å². The zero-order valence-electron chi connectivity index (χ0n) is 18.5. The Morgan fingerprint density at radius 1 is 1.23 bits per heavy atom. The number of carbonyl (C=O) groups excluding carboxylic acids is 1. The van der Waals surface area contributed by atoms with Gasteiger partial charge < -0.3 is 14.8 Å². The third-order valence-corrected chi connectivity index (χ3v) is 6.73. The summed E-state index contributed by atoms with van der Waals surface area (Å²) in [5.74, 6) is 1.13. The first kappa shape index (κ1) is 19.2. The fourth-order valence-electron chi connectivity index (χ4n) is 5.04. The van der Waals surface area contributed by atoms with Crippen molar-refractivity contribution >= 4 is 23.0 Å². The Morgan fingerprint density at radius 3 is 2.73 bits per heavy atom. The molecular formula is C23H30N6O. The van der Waals surface area contributed by atoms with Crippen LogP contribution >= 0.6 is 0 Å². The molecule has 1 N–H and O–H groups in total. The molecule has 0 bridgehead atoms. The smallest absolute Gasteiger partial charge is 0.219 e. The standard InChI is InChI=1S/C23H30N6O/c1-15(30)28-9-8-20-18(13-28)22(25-27(20)5)29-14-23(2,3)19-10-16(6-7-21(19)29)17-11-24-26(4)12-17/h6-7,10,12,24H,8-9,11,13-14H2,1-5H3. The van der Waals surface area contributed by atoms with E-state index in [1.807, 2.05) is 28.7 Å². The SMILES string of the molecule is CC(=O)N1CCc2c(c(N3CC(C)(C)c4cc(C5=CN(C)NC5)ccc43)nn2C)C1. The molecule has 1 aromatic carbocycles. The van der Waals surface area contributed by atoms with Crippen molar-refractivity contribution in [2.45, 2.75) is 39.2 Å². The van der Waals surface area contributed by atoms with Crippen LogP contribution in [-0.4, -0.2) is 52.3 Å². The fraction of sp³-hybridized carbons (Fsp3) is 0.478. The third-order valence-electron chi connectivity index (χ3n) is 6.73. The van der Waals surface area contributed by atoms with Gasteiger partial charge in [-0.25, -0.2) is 5.43 Å². The van der Waals surface area contributed by atoms with Crippen molar-refractivity contribution in [2.24, 2.45) is 7.05 Å². The minimum atomic E-state index is 0.0170. The second-order valence-corrected chi connectivity index (χ2v) is 9.37. The molecule has 4 heterocycles. The van der Waals surface area contributed by atoms with Crippen molar-refractivity contribution in [3.63, 3.8) is 0 Å². The van der Waals surface area contributed by atoms with Gasteiger partial charge in [0.25, 0.3) is 0 Å². The van der Waals surface area contributed by atoms with Gasteiger partial charge in [0.05, 0.1) is 6.54 Å². The summed E-state index contributed by atoms with van der Waals surface area (Å²) < 4.78 is 2.01. The summed E-state index contributed by atoms with van der Waals surface area (Å²) in [6.45, 7) is 9.41. The Balaban J connectivity index is 1.56. The first-order chi connectivity index (χ1) is 14.2. The first-order valence-corrected chi connectivity index (χ1v) is 10.6. The van der Waals surface area contributed by atoms with Crippen LogP contribution in [0.3, 0.4) is 0 Å². The molecule has 30 heavy (non-hydrogen) atoms. The number of carbonyl (C=O) groups is 1. The second-order valence-electron chi connectivity index (χ2n) is 9.37. The summed E-state index contributed by atoms with van der Waals surface area (Å²) in [5, 5.41) is 6.93. The number of nitrogens with zero attached hydrogens (tertiary/aromatic N) is 5. The molecule has 0 radical (unpaired) electrons. The number of rotatable bonds is 2. The van der Waals surface area contributed by atoms with Crippen molar-refractivity contribution in [3.8, 4) is 0 Å². The van der Waals surface area contributed by atoms with Gasteiger partial charge >= 0.3 is 0 Å². The Kier molecular flexibility index (Phi) is 4.22. The number of aryl methyl sites for hydroxylation is 1. The molecule has 0 unspecified atom stereocenters. The molecule has 1 aromatic heterocycles. The lowest BCUT2D eigenvalue weighted by atomic mass is 9.85. The molecule has 3 aliphatic heterocycles. The van der Waals surface area contributed by atoms with E-state index in [0.29, 0.717) is 6.54 Å². The monoisotopic (exact) mass is 406 g/mol. The number of benzene rings is 1. The summed E-state index contributed by atoms with van der Waals surface area (Å²) in [4.78, 5) is 16.3. The van der Waals surface area contributed by atoms with Crippen LogP contribution in [0.2, 0.25) is 0 Å². The van der Waals surface area contributed by atoms with Crippen molar-refractivity contribution < 1.29 is 4.79 Å². The summed E-state index contributed by atoms with van der Waals surface area (Å²) in [5.41, 5.74) is 10.9. The largest absolute Gasteiger partial charge is 0.338 e. The number of amides is 1. The zero-order chi connectivity index (χ0) is 21.2. The van der Waals surface area contributed by atoms with Crippen LogP contribution in [0.5, 0.6) is 0 Å². The quantitative estimate of drug-likeness (QED) is 0.831. The Bertz CT molecular complexity index is 1070. The van der Waals surface area contributed by atoms with E-state index in [1.54, 1.807) is 6.92 Å². The molecule has 0 fully saturated rings. The summed E-state index contributed by atoms with van der Waals surface area (Å²) in [6, 6.07) is 6.81. The van der Waals surface area contributed by atoms with E-state index in [1.165, 1.54) is 33.6 Å². The van der Waals surface area contributed by atoms with Gasteiger partial charge in [0, 0.05) is 75.6 Å². The Morgan fingerprint density at radius 2 is 2.03 bits per heavy atom. The minimum Gasteiger partial charge on any atom is -0.338 e. The van der Waals surface area contributed by atoms with Crippen molar-refractivity contribution in [2.75, 3.05) is 31.6 Å². The van der Waals surface area contributed by atoms with Gasteiger partial charge in [-0.05, 0) is 28.8 Å². The molecule has 7 nitrogen and oxygen atoms in total. The molecule has 0 saturated heterocycles. The second kappa shape index (κ2) is 6.60. The molecule has 2 aromatic rings. The maximum Gasteiger partial charge on any atom is 0.219 e. The Labute approximate surface area is 177 Å². The van der Waals surface area contributed by atoms with E-state index in [9.17, 15) is 4.79 Å². The Hall–Kier alpha value is -2.80. The fourth-order valence-corrected chi connectivity index (χ4v) is 5.04. The molecule has 0 atom stereocenters. The summed E-state index contributed by atoms with van der Waals surface area (Å²) in [6.07, 6.45) is 3.02. The molecule has 0 saturated carbocycles. The van der Waals surface area contributed by atoms with Gasteiger partial charge in [0.2, 0.25) is 5.91 Å². The molecule has 0 aliphatic carbocycles. The summed E-state index contributed by atoms with van der Waals surface area (Å²) >= 11 is 0. The first-order valence-electron chi connectivity index (χ1n) is 10.6. The number of nitrogens with one attached hydrogen (secondary N) is 1. The van der Waals surface area contributed by atoms with Crippen LogP contribution in [0.15, 0.2) is 24.4 Å². The van der Waals surface area contributed by atoms with Crippen LogP contribution in [0.1, 0.15) is 43.2 Å². The van der Waals surface area contributed by atoms with E-state index in [0.717, 1.165) is 31.9 Å². The lowest BCUT2D eigenvalue weighted by Gasteiger charge is -2.28. The number of aromatic nitrogens is 2. The highest BCUT2D eigenvalue weighted by Gasteiger charge is 2.39. The maximum absolute atomic E-state index is 12.0. The van der Waals surface area contributed by atoms with Gasteiger partial charge in [0.15, 0.2) is 5.82 Å². The number of hydrazine groups is 1. The zero-order valence-corrected chi connectivity index (χ0v) is 18.5. The van der Waals surface area contributed by atoms with E-state index >= 15 is 0 Å². The highest BCUT2D eigenvalue weighted by atomic mass is 16.2. The van der Waals surface area contributed by atoms with Gasteiger partial charge in [-0.2, -0.15) is 5.10 Å². The van der Waals surface area contributed by atoms with Crippen LogP contribution < -0.4 is 10.3 Å². The number of hydrogen-bond acceptors (Lipinski definition) is 5. The van der Waals surface area contributed by atoms with Crippen molar-refractivity contribution in [1.29, 1.82) is 0 Å². The van der Waals surface area contributed by atoms with E-state index in [2.05, 4.69) is 48.6 Å². The lowest BCUT2D eigenvalue weighted by Crippen LogP contribution is -2.35. The van der Waals surface area contributed by atoms with Crippen LogP contribution in [0, 0.1) is 0 Å². The van der Waals surface area contributed by atoms with Crippen LogP contribution in [0.4, 0.5) is 11.5 Å². The molecule has 158 valence electrons. The molecule has 3 aliphatic rings. The van der Waals surface area contributed by atoms with E-state index in [4.69, 9.17) is 5.10 Å². The predicted molar refractivity (Wildman–Crippen MR) is 118 cm³/mol. The predicted octanol–water partition coefficient (Wildman–Crippen LogP) is 2.54. The normalized spacial score (nSPS) is 19.8. The molecule has 5 rings (SSSR count). The van der Waals surface area contributed by atoms with Crippen molar-refractivity contribution in [1.82, 2.24) is 25.1 Å². The highest BCUT2D eigenvalue weighted by molar-refractivity contribution is 5.78. The van der Waals surface area contributed by atoms with Crippen LogP contribution in [0.25, 0.3) is 5.57 Å². The van der Waals surface area contributed by atoms with E-state index < -0.39 is 0 Å². The molecular weight excluding hydrogens is 376 g/mol. The summed E-state index contributed by atoms with van der Waals surface area (Å²) in [7, 11) is 4.05. The average Bonchev–Trinajstić information content (AvgIpc) is 3.36. The minimum absolute atomic E-state index is 0.0170. The van der Waals surface area contributed by atoms with Gasteiger partial charge in [0.1, 0.15) is 0 Å². The van der Waals surface area contributed by atoms with Gasteiger partial charge in [-0.1, -0.05) is 19.9 Å². The topological polar surface area (TPSA) is 56.6 Å². The molecule has 7 heteroatoms. The third kappa shape index (κ3) is 2.91. The van der Waals surface area contributed by atoms with E-state index in [-0.39, 0.29) is 11.3 Å². The molecule has 0 spiro atoms. The molecule has 1 amide bonds. The highest BCUT2D eigenvalue weighted by Crippen LogP contribution is 2.46. The van der Waals surface area contributed by atoms with Crippen LogP contribution in [-0.2, 0) is 30.2 Å². The number of hydrogen-bond donors (Lipinski definition) is 1. The van der Waals surface area contributed by atoms with Gasteiger partial charge in [-0.15, -0.1) is 0 Å². The maximum atomic E-state index is 12.0. The van der Waals surface area contributed by atoms with Gasteiger partial charge in [-0.3, -0.25) is 9.48 Å². The lowest BCUT2D eigenvalue weighted by molar-refractivity contribution is -0.129. The average molecular weight is 407 g/mol. The number of anilines is 2.